The van der Waals surface area contributed by atoms with Crippen molar-refractivity contribution in [3.63, 3.8) is 0 Å². The first-order chi connectivity index (χ1) is 13.4. The monoisotopic (exact) mass is 369 g/mol. The predicted octanol–water partition coefficient (Wildman–Crippen LogP) is 0.0125. The van der Waals surface area contributed by atoms with Crippen molar-refractivity contribution in [2.24, 2.45) is 0 Å². The number of nitrogens with two attached hydrogens (primary N) is 1. The second-order valence-electron chi connectivity index (χ2n) is 6.70. The molecule has 1 aromatic carbocycles. The molecule has 1 atom stereocenters. The minimum Gasteiger partial charge on any atom is -0.382 e. The van der Waals surface area contributed by atoms with Crippen LogP contribution in [0.2, 0.25) is 0 Å². The first-order valence-electron chi connectivity index (χ1n) is 8.67. The summed E-state index contributed by atoms with van der Waals surface area (Å²) in [5.41, 5.74) is 7.57. The van der Waals surface area contributed by atoms with Gasteiger partial charge in [-0.15, -0.1) is 0 Å². The summed E-state index contributed by atoms with van der Waals surface area (Å²) >= 11 is 0. The summed E-state index contributed by atoms with van der Waals surface area (Å²) in [5.74, 6) is 5.46. The predicted molar refractivity (Wildman–Crippen MR) is 107 cm³/mol. The molecule has 136 valence electrons. The van der Waals surface area contributed by atoms with Crippen molar-refractivity contribution < 1.29 is 9.90 Å². The number of amides is 1. The normalized spacial score (nSPS) is 18.9. The second kappa shape index (κ2) is 6.62. The van der Waals surface area contributed by atoms with Crippen LogP contribution in [0.15, 0.2) is 36.4 Å². The van der Waals surface area contributed by atoms with Gasteiger partial charge in [-0.2, -0.15) is 0 Å². The Morgan fingerprint density at radius 3 is 2.82 bits per heavy atom. The highest BCUT2D eigenvalue weighted by atomic mass is 16.3. The molecule has 1 aliphatic rings. The molecular weight excluding hydrogens is 353 g/mol. The van der Waals surface area contributed by atoms with Crippen LogP contribution in [0.4, 0.5) is 5.82 Å². The molecule has 1 saturated heterocycles. The van der Waals surface area contributed by atoms with Crippen LogP contribution in [-0.4, -0.2) is 57.9 Å². The van der Waals surface area contributed by atoms with Crippen LogP contribution >= 0.6 is 0 Å². The van der Waals surface area contributed by atoms with Crippen molar-refractivity contribution in [1.82, 2.24) is 19.9 Å². The number of carbonyl (C=O) groups excluding carboxylic acids is 1. The number of aliphatic hydroxyl groups is 1. The van der Waals surface area contributed by atoms with Crippen molar-refractivity contribution in [2.45, 2.75) is 12.0 Å². The quantitative estimate of drug-likeness (QED) is 0.463. The van der Waals surface area contributed by atoms with E-state index in [0.29, 0.717) is 35.3 Å². The van der Waals surface area contributed by atoms with Crippen molar-refractivity contribution >= 4 is 36.3 Å². The maximum absolute atomic E-state index is 12.0. The lowest BCUT2D eigenvalue weighted by atomic mass is 10.0. The first-order valence-corrected chi connectivity index (χ1v) is 8.67. The van der Waals surface area contributed by atoms with E-state index in [4.69, 9.17) is 13.6 Å². The second-order valence-corrected chi connectivity index (χ2v) is 6.70. The molecule has 7 nitrogen and oxygen atoms in total. The number of pyridine rings is 1. The van der Waals surface area contributed by atoms with Gasteiger partial charge in [-0.1, -0.05) is 24.0 Å². The van der Waals surface area contributed by atoms with Crippen LogP contribution in [0.1, 0.15) is 12.0 Å². The lowest BCUT2D eigenvalue weighted by Crippen LogP contribution is -2.37. The van der Waals surface area contributed by atoms with E-state index in [-0.39, 0.29) is 17.4 Å². The van der Waals surface area contributed by atoms with Gasteiger partial charge in [0.2, 0.25) is 5.60 Å². The summed E-state index contributed by atoms with van der Waals surface area (Å²) < 4.78 is 0. The van der Waals surface area contributed by atoms with Crippen molar-refractivity contribution in [3.05, 3.63) is 42.0 Å². The number of anilines is 1. The smallest absolute Gasteiger partial charge is 0.267 e. The molecule has 8 heteroatoms. The van der Waals surface area contributed by atoms with Crippen molar-refractivity contribution in [1.29, 1.82) is 0 Å². The topological polar surface area (TPSA) is 105 Å². The highest BCUT2D eigenvalue weighted by Crippen LogP contribution is 2.23. The van der Waals surface area contributed by atoms with E-state index in [2.05, 4.69) is 26.8 Å². The van der Waals surface area contributed by atoms with Crippen LogP contribution in [0, 0.1) is 11.8 Å². The standard InChI is InChI=1S/C20H16BN5O2/c1-26-10-9-20(28,18(26)27)8-7-12-3-2-4-13(11-12)14-5-6-15-16(23-14)17(22)25-19(21)24-15/h2-6,11,28H,9-10H2,1H3,(H2,22,24,25). The summed E-state index contributed by atoms with van der Waals surface area (Å²) in [4.78, 5) is 26.1. The highest BCUT2D eigenvalue weighted by molar-refractivity contribution is 6.29. The van der Waals surface area contributed by atoms with Crippen LogP contribution < -0.4 is 11.5 Å². The number of benzene rings is 1. The number of carbonyl (C=O) groups is 1. The third-order valence-electron chi connectivity index (χ3n) is 4.67. The number of hydrogen-bond acceptors (Lipinski definition) is 6. The fraction of sp³-hybridized carbons (Fsp3) is 0.200. The number of nitrogen functional groups attached to an aromatic ring is 1. The number of fused-ring (bicyclic) bond motifs is 1. The summed E-state index contributed by atoms with van der Waals surface area (Å²) in [6.07, 6.45) is 0.295. The molecule has 1 unspecified atom stereocenters. The molecule has 0 aliphatic carbocycles. The lowest BCUT2D eigenvalue weighted by Gasteiger charge is -2.13. The number of likely N-dealkylation sites (N-methyl/N-ethyl adjacent to an activating group) is 1. The molecule has 0 bridgehead atoms. The van der Waals surface area contributed by atoms with E-state index in [1.54, 1.807) is 13.1 Å². The molecule has 0 saturated carbocycles. The van der Waals surface area contributed by atoms with Gasteiger partial charge in [0.15, 0.2) is 13.7 Å². The van der Waals surface area contributed by atoms with E-state index in [0.717, 1.165) is 5.56 Å². The Labute approximate surface area is 163 Å². The van der Waals surface area contributed by atoms with E-state index in [1.165, 1.54) is 4.90 Å². The van der Waals surface area contributed by atoms with Crippen LogP contribution in [0.3, 0.4) is 0 Å². The third kappa shape index (κ3) is 3.17. The molecule has 1 aliphatic heterocycles. The van der Waals surface area contributed by atoms with Gasteiger partial charge in [-0.3, -0.25) is 4.79 Å². The van der Waals surface area contributed by atoms with E-state index >= 15 is 0 Å². The number of nitrogens with zero attached hydrogens (tertiary/aromatic N) is 4. The van der Waals surface area contributed by atoms with Crippen LogP contribution in [-0.2, 0) is 4.79 Å². The molecule has 1 fully saturated rings. The average Bonchev–Trinajstić information content (AvgIpc) is 2.94. The van der Waals surface area contributed by atoms with E-state index in [9.17, 15) is 9.90 Å². The zero-order valence-electron chi connectivity index (χ0n) is 15.2. The fourth-order valence-corrected chi connectivity index (χ4v) is 3.12. The van der Waals surface area contributed by atoms with Gasteiger partial charge in [0.25, 0.3) is 5.91 Å². The molecule has 1 amide bonds. The summed E-state index contributed by atoms with van der Waals surface area (Å²) in [5, 5.41) is 10.4. The summed E-state index contributed by atoms with van der Waals surface area (Å²) in [6, 6.07) is 11.0. The van der Waals surface area contributed by atoms with Crippen LogP contribution in [0.25, 0.3) is 22.3 Å². The maximum Gasteiger partial charge on any atom is 0.267 e. The number of rotatable bonds is 1. The van der Waals surface area contributed by atoms with Gasteiger partial charge >= 0.3 is 0 Å². The lowest BCUT2D eigenvalue weighted by molar-refractivity contribution is -0.137. The zero-order chi connectivity index (χ0) is 19.9. The van der Waals surface area contributed by atoms with E-state index in [1.807, 2.05) is 30.3 Å². The largest absolute Gasteiger partial charge is 0.382 e. The minimum atomic E-state index is -1.63. The molecule has 2 radical (unpaired) electrons. The molecule has 28 heavy (non-hydrogen) atoms. The Balaban J connectivity index is 1.70. The van der Waals surface area contributed by atoms with Crippen molar-refractivity contribution in [2.75, 3.05) is 19.3 Å². The van der Waals surface area contributed by atoms with Gasteiger partial charge in [0.05, 0.1) is 16.9 Å². The molecule has 4 rings (SSSR count). The molecule has 3 aromatic rings. The maximum atomic E-state index is 12.0. The van der Waals surface area contributed by atoms with Crippen LogP contribution in [0.5, 0.6) is 0 Å². The minimum absolute atomic E-state index is 0.0989. The molecular formula is C20H16BN5O2. The summed E-state index contributed by atoms with van der Waals surface area (Å²) in [7, 11) is 7.27. The molecule has 3 N–H and O–H groups in total. The SMILES string of the molecule is [B]c1nc(N)c2nc(-c3cccc(C#CC4(O)CCN(C)C4=O)c3)ccc2n1. The number of hydrogen-bond donors (Lipinski definition) is 2. The Morgan fingerprint density at radius 2 is 2.07 bits per heavy atom. The number of likely N-dealkylation sites (tertiary alicyclic amines) is 1. The molecule has 3 heterocycles. The Morgan fingerprint density at radius 1 is 1.25 bits per heavy atom. The molecule has 0 spiro atoms. The third-order valence-corrected chi connectivity index (χ3v) is 4.67. The van der Waals surface area contributed by atoms with E-state index < -0.39 is 5.60 Å². The highest BCUT2D eigenvalue weighted by Gasteiger charge is 2.42. The fourth-order valence-electron chi connectivity index (χ4n) is 3.12. The Bertz CT molecular complexity index is 1170. The van der Waals surface area contributed by atoms with Gasteiger partial charge in [-0.05, 0) is 24.3 Å². The zero-order valence-corrected chi connectivity index (χ0v) is 15.2. The first kappa shape index (κ1) is 18.0. The summed E-state index contributed by atoms with van der Waals surface area (Å²) in [6.45, 7) is 0.485. The van der Waals surface area contributed by atoms with Crippen molar-refractivity contribution in [3.8, 4) is 23.1 Å². The van der Waals surface area contributed by atoms with Gasteiger partial charge in [-0.25, -0.2) is 15.0 Å². The molecule has 2 aromatic heterocycles. The van der Waals surface area contributed by atoms with Gasteiger partial charge in [0, 0.05) is 31.1 Å². The van der Waals surface area contributed by atoms with Gasteiger partial charge in [0.1, 0.15) is 5.52 Å². The van der Waals surface area contributed by atoms with Gasteiger partial charge < -0.3 is 15.7 Å². The number of aromatic nitrogens is 3. The Hall–Kier alpha value is -3.44. The average molecular weight is 369 g/mol. The Kier molecular flexibility index (Phi) is 4.25.